The second-order valence-corrected chi connectivity index (χ2v) is 8.50. The average molecular weight is 402 g/mol. The molecule has 0 atom stereocenters. The first kappa shape index (κ1) is 19.8. The van der Waals surface area contributed by atoms with Gasteiger partial charge in [-0.15, -0.1) is 0 Å². The minimum Gasteiger partial charge on any atom is -0.381 e. The van der Waals surface area contributed by atoms with Crippen LogP contribution in [-0.4, -0.2) is 14.7 Å². The third-order valence-electron chi connectivity index (χ3n) is 4.13. The van der Waals surface area contributed by atoms with E-state index in [9.17, 15) is 17.2 Å². The zero-order valence-corrected chi connectivity index (χ0v) is 16.1. The molecule has 0 saturated carbocycles. The quantitative estimate of drug-likeness (QED) is 0.607. The molecule has 3 aromatic carbocycles. The highest BCUT2D eigenvalue weighted by Gasteiger charge is 2.06. The maximum atomic E-state index is 13.3. The van der Waals surface area contributed by atoms with Gasteiger partial charge >= 0.3 is 0 Å². The molecule has 0 heterocycles. The van der Waals surface area contributed by atoms with Crippen LogP contribution in [0.3, 0.4) is 0 Å². The van der Waals surface area contributed by atoms with Gasteiger partial charge in [-0.2, -0.15) is 0 Å². The molecular weight excluding hydrogens is 382 g/mol. The lowest BCUT2D eigenvalue weighted by Crippen LogP contribution is -2.03. The number of sulfone groups is 1. The summed E-state index contributed by atoms with van der Waals surface area (Å²) in [6.07, 6.45) is 1.18. The molecule has 3 rings (SSSR count). The van der Waals surface area contributed by atoms with Gasteiger partial charge in [0.2, 0.25) is 0 Å². The summed E-state index contributed by atoms with van der Waals surface area (Å²) in [5.74, 6) is -1.21. The van der Waals surface area contributed by atoms with Gasteiger partial charge in [0.15, 0.2) is 9.84 Å². The minimum atomic E-state index is -3.20. The first-order chi connectivity index (χ1) is 13.3. The summed E-state index contributed by atoms with van der Waals surface area (Å²) in [5, 5.41) is 6.40. The van der Waals surface area contributed by atoms with Gasteiger partial charge in [0.05, 0.1) is 4.90 Å². The zero-order chi connectivity index (χ0) is 20.1. The van der Waals surface area contributed by atoms with Crippen LogP contribution in [0.25, 0.3) is 0 Å². The standard InChI is InChI=1S/C21H20F2N2O2S/c1-28(26,27)21-7-5-15(6-8-21)13-24-19-3-2-4-20(12-19)25-14-16-9-17(22)11-18(23)10-16/h2-12,24-25H,13-14H2,1H3. The van der Waals surface area contributed by atoms with E-state index >= 15 is 0 Å². The van der Waals surface area contributed by atoms with Crippen molar-refractivity contribution in [3.05, 3.63) is 89.5 Å². The van der Waals surface area contributed by atoms with Crippen molar-refractivity contribution < 1.29 is 17.2 Å². The van der Waals surface area contributed by atoms with Gasteiger partial charge in [-0.25, -0.2) is 17.2 Å². The van der Waals surface area contributed by atoms with Crippen molar-refractivity contribution in [3.63, 3.8) is 0 Å². The average Bonchev–Trinajstić information content (AvgIpc) is 2.64. The Bertz CT molecular complexity index is 1050. The zero-order valence-electron chi connectivity index (χ0n) is 15.2. The van der Waals surface area contributed by atoms with E-state index < -0.39 is 21.5 Å². The number of rotatable bonds is 7. The van der Waals surface area contributed by atoms with E-state index in [4.69, 9.17) is 0 Å². The lowest BCUT2D eigenvalue weighted by atomic mass is 10.2. The summed E-state index contributed by atoms with van der Waals surface area (Å²) in [4.78, 5) is 0.288. The Morgan fingerprint density at radius 3 is 1.82 bits per heavy atom. The second kappa shape index (κ2) is 8.39. The highest BCUT2D eigenvalue weighted by molar-refractivity contribution is 7.90. The fourth-order valence-electron chi connectivity index (χ4n) is 2.71. The molecule has 146 valence electrons. The van der Waals surface area contributed by atoms with Crippen LogP contribution in [0.5, 0.6) is 0 Å². The maximum Gasteiger partial charge on any atom is 0.175 e. The van der Waals surface area contributed by atoms with Crippen LogP contribution in [-0.2, 0) is 22.9 Å². The number of benzene rings is 3. The Balaban J connectivity index is 1.60. The Morgan fingerprint density at radius 1 is 0.750 bits per heavy atom. The van der Waals surface area contributed by atoms with E-state index in [-0.39, 0.29) is 4.90 Å². The number of nitrogens with one attached hydrogen (secondary N) is 2. The Kier molecular flexibility index (Phi) is 5.94. The van der Waals surface area contributed by atoms with Gasteiger partial charge in [-0.05, 0) is 53.6 Å². The van der Waals surface area contributed by atoms with E-state index in [0.29, 0.717) is 18.7 Å². The van der Waals surface area contributed by atoms with Crippen LogP contribution in [0.4, 0.5) is 20.2 Å². The molecule has 0 unspecified atom stereocenters. The Labute approximate surface area is 163 Å². The Morgan fingerprint density at radius 2 is 1.29 bits per heavy atom. The van der Waals surface area contributed by atoms with Crippen molar-refractivity contribution in [3.8, 4) is 0 Å². The molecule has 0 saturated heterocycles. The molecule has 0 aliphatic heterocycles. The smallest absolute Gasteiger partial charge is 0.175 e. The van der Waals surface area contributed by atoms with Crippen LogP contribution in [0.2, 0.25) is 0 Å². The van der Waals surface area contributed by atoms with E-state index in [1.165, 1.54) is 18.4 Å². The third-order valence-corrected chi connectivity index (χ3v) is 5.26. The van der Waals surface area contributed by atoms with Crippen molar-refractivity contribution >= 4 is 21.2 Å². The van der Waals surface area contributed by atoms with Crippen LogP contribution in [0.1, 0.15) is 11.1 Å². The summed E-state index contributed by atoms with van der Waals surface area (Å²) in [7, 11) is -3.20. The van der Waals surface area contributed by atoms with Crippen molar-refractivity contribution in [2.75, 3.05) is 16.9 Å². The normalized spacial score (nSPS) is 11.2. The SMILES string of the molecule is CS(=O)(=O)c1ccc(CNc2cccc(NCc3cc(F)cc(F)c3)c2)cc1. The topological polar surface area (TPSA) is 58.2 Å². The van der Waals surface area contributed by atoms with Crippen LogP contribution in [0.15, 0.2) is 71.6 Å². The lowest BCUT2D eigenvalue weighted by Gasteiger charge is -2.11. The molecule has 2 N–H and O–H groups in total. The van der Waals surface area contributed by atoms with Gasteiger partial charge < -0.3 is 10.6 Å². The summed E-state index contributed by atoms with van der Waals surface area (Å²) in [6, 6.07) is 17.6. The second-order valence-electron chi connectivity index (χ2n) is 6.48. The lowest BCUT2D eigenvalue weighted by molar-refractivity contribution is 0.580. The molecule has 0 aliphatic carbocycles. The number of hydrogen-bond donors (Lipinski definition) is 2. The fraction of sp³-hybridized carbons (Fsp3) is 0.143. The summed E-state index contributed by atoms with van der Waals surface area (Å²) in [5.41, 5.74) is 3.13. The number of halogens is 2. The number of anilines is 2. The molecule has 0 fully saturated rings. The van der Waals surface area contributed by atoms with Gasteiger partial charge in [-0.1, -0.05) is 18.2 Å². The predicted molar refractivity (Wildman–Crippen MR) is 107 cm³/mol. The molecule has 0 bridgehead atoms. The van der Waals surface area contributed by atoms with Gasteiger partial charge in [-0.3, -0.25) is 0 Å². The first-order valence-electron chi connectivity index (χ1n) is 8.61. The van der Waals surface area contributed by atoms with Gasteiger partial charge in [0, 0.05) is 36.8 Å². The molecule has 0 radical (unpaired) electrons. The highest BCUT2D eigenvalue weighted by Crippen LogP contribution is 2.18. The van der Waals surface area contributed by atoms with Crippen molar-refractivity contribution in [1.29, 1.82) is 0 Å². The largest absolute Gasteiger partial charge is 0.381 e. The molecule has 3 aromatic rings. The Hall–Kier alpha value is -2.93. The summed E-state index contributed by atoms with van der Waals surface area (Å²) in [6.45, 7) is 0.827. The minimum absolute atomic E-state index is 0.288. The molecular formula is C21H20F2N2O2S. The van der Waals surface area contributed by atoms with Crippen molar-refractivity contribution in [1.82, 2.24) is 0 Å². The molecule has 7 heteroatoms. The van der Waals surface area contributed by atoms with E-state index in [2.05, 4.69) is 10.6 Å². The molecule has 0 aliphatic rings. The fourth-order valence-corrected chi connectivity index (χ4v) is 3.35. The van der Waals surface area contributed by atoms with Crippen LogP contribution >= 0.6 is 0 Å². The summed E-state index contributed by atoms with van der Waals surface area (Å²) < 4.78 is 49.5. The van der Waals surface area contributed by atoms with Crippen molar-refractivity contribution in [2.24, 2.45) is 0 Å². The monoisotopic (exact) mass is 402 g/mol. The first-order valence-corrected chi connectivity index (χ1v) is 10.5. The maximum absolute atomic E-state index is 13.3. The van der Waals surface area contributed by atoms with Crippen molar-refractivity contribution in [2.45, 2.75) is 18.0 Å². The third kappa shape index (κ3) is 5.53. The number of hydrogen-bond acceptors (Lipinski definition) is 4. The molecule has 4 nitrogen and oxygen atoms in total. The molecule has 0 spiro atoms. The van der Waals surface area contributed by atoms with Gasteiger partial charge in [0.25, 0.3) is 0 Å². The van der Waals surface area contributed by atoms with Gasteiger partial charge in [0.1, 0.15) is 11.6 Å². The van der Waals surface area contributed by atoms with Crippen LogP contribution < -0.4 is 10.6 Å². The van der Waals surface area contributed by atoms with E-state index in [1.807, 2.05) is 24.3 Å². The molecule has 0 amide bonds. The molecule has 28 heavy (non-hydrogen) atoms. The van der Waals surface area contributed by atoms with E-state index in [0.717, 1.165) is 23.0 Å². The summed E-state index contributed by atoms with van der Waals surface area (Å²) >= 11 is 0. The van der Waals surface area contributed by atoms with E-state index in [1.54, 1.807) is 24.3 Å². The highest BCUT2D eigenvalue weighted by atomic mass is 32.2. The molecule has 0 aromatic heterocycles. The van der Waals surface area contributed by atoms with Crippen LogP contribution in [0, 0.1) is 11.6 Å². The predicted octanol–water partition coefficient (Wildman–Crippen LogP) is 4.59.